The first-order chi connectivity index (χ1) is 34.5. The molecule has 10 aromatic rings. The molecule has 336 valence electrons. The lowest BCUT2D eigenvalue weighted by Gasteiger charge is -2.36. The summed E-state index contributed by atoms with van der Waals surface area (Å²) in [6, 6.07) is 88.6. The fourth-order valence-corrected chi connectivity index (χ4v) is 12.8. The number of rotatable bonds is 8. The molecule has 0 atom stereocenters. The molecule has 1 fully saturated rings. The SMILES string of the molecule is CC1(C)c2ccccc2-c2cccc(-c3ccccc3-c3ccc(N(c4ccc(-c5ccc(-c6ccccc6)cc5)c(-c5ccccc5)c4)c4ccc5c(c4)C4(CCCCC4)c4ccccc4-5)cc3)c21. The molecule has 0 bridgehead atoms. The Morgan fingerprint density at radius 2 is 0.714 bits per heavy atom. The zero-order valence-corrected chi connectivity index (χ0v) is 40.0. The van der Waals surface area contributed by atoms with Crippen LogP contribution in [-0.4, -0.2) is 0 Å². The molecule has 3 aliphatic carbocycles. The van der Waals surface area contributed by atoms with E-state index >= 15 is 0 Å². The van der Waals surface area contributed by atoms with Crippen LogP contribution in [0, 0.1) is 0 Å². The first-order valence-electron chi connectivity index (χ1n) is 25.3. The van der Waals surface area contributed by atoms with E-state index in [4.69, 9.17) is 0 Å². The molecule has 1 spiro atoms. The van der Waals surface area contributed by atoms with Crippen molar-refractivity contribution in [3.8, 4) is 77.9 Å². The molecule has 0 aliphatic heterocycles. The van der Waals surface area contributed by atoms with Gasteiger partial charge in [0, 0.05) is 27.9 Å². The van der Waals surface area contributed by atoms with Crippen molar-refractivity contribution < 1.29 is 0 Å². The fraction of sp³-hybridized carbons (Fsp3) is 0.130. The molecule has 0 unspecified atom stereocenters. The highest BCUT2D eigenvalue weighted by Gasteiger charge is 2.44. The van der Waals surface area contributed by atoms with Gasteiger partial charge < -0.3 is 4.90 Å². The molecule has 0 radical (unpaired) electrons. The highest BCUT2D eigenvalue weighted by atomic mass is 15.1. The Morgan fingerprint density at radius 3 is 1.40 bits per heavy atom. The van der Waals surface area contributed by atoms with Crippen LogP contribution in [0.5, 0.6) is 0 Å². The van der Waals surface area contributed by atoms with Crippen LogP contribution in [0.25, 0.3) is 77.9 Å². The highest BCUT2D eigenvalue weighted by Crippen LogP contribution is 2.57. The van der Waals surface area contributed by atoms with Crippen LogP contribution in [0.2, 0.25) is 0 Å². The van der Waals surface area contributed by atoms with Crippen LogP contribution in [0.4, 0.5) is 17.1 Å². The summed E-state index contributed by atoms with van der Waals surface area (Å²) < 4.78 is 0. The van der Waals surface area contributed by atoms with Gasteiger partial charge in [-0.25, -0.2) is 0 Å². The minimum absolute atomic E-state index is 0.0396. The minimum atomic E-state index is -0.118. The van der Waals surface area contributed by atoms with E-state index in [1.807, 2.05) is 0 Å². The van der Waals surface area contributed by atoms with Gasteiger partial charge in [0.2, 0.25) is 0 Å². The van der Waals surface area contributed by atoms with Gasteiger partial charge in [-0.15, -0.1) is 0 Å². The monoisotopic (exact) mass is 897 g/mol. The van der Waals surface area contributed by atoms with E-state index in [-0.39, 0.29) is 10.8 Å². The lowest BCUT2D eigenvalue weighted by atomic mass is 9.68. The molecular weight excluding hydrogens is 843 g/mol. The number of nitrogens with zero attached hydrogens (tertiary/aromatic N) is 1. The van der Waals surface area contributed by atoms with Gasteiger partial charge in [-0.1, -0.05) is 233 Å². The molecule has 3 aliphatic rings. The van der Waals surface area contributed by atoms with Crippen LogP contribution in [0.3, 0.4) is 0 Å². The van der Waals surface area contributed by atoms with Crippen molar-refractivity contribution in [1.29, 1.82) is 0 Å². The van der Waals surface area contributed by atoms with Gasteiger partial charge >= 0.3 is 0 Å². The predicted molar refractivity (Wildman–Crippen MR) is 295 cm³/mol. The van der Waals surface area contributed by atoms with Crippen molar-refractivity contribution in [1.82, 2.24) is 0 Å². The molecule has 0 saturated heterocycles. The van der Waals surface area contributed by atoms with Gasteiger partial charge in [0.25, 0.3) is 0 Å². The third-order valence-corrected chi connectivity index (χ3v) is 16.1. The maximum Gasteiger partial charge on any atom is 0.0468 e. The van der Waals surface area contributed by atoms with E-state index in [1.54, 1.807) is 0 Å². The van der Waals surface area contributed by atoms with E-state index in [9.17, 15) is 0 Å². The van der Waals surface area contributed by atoms with Crippen molar-refractivity contribution >= 4 is 17.1 Å². The summed E-state index contributed by atoms with van der Waals surface area (Å²) in [4.78, 5) is 2.51. The molecule has 13 rings (SSSR count). The number of hydrogen-bond acceptors (Lipinski definition) is 1. The molecule has 70 heavy (non-hydrogen) atoms. The predicted octanol–water partition coefficient (Wildman–Crippen LogP) is 19.0. The van der Waals surface area contributed by atoms with E-state index < -0.39 is 0 Å². The Balaban J connectivity index is 0.957. The number of anilines is 3. The average Bonchev–Trinajstić information content (AvgIpc) is 3.83. The van der Waals surface area contributed by atoms with Crippen molar-refractivity contribution in [2.75, 3.05) is 4.90 Å². The summed E-state index contributed by atoms with van der Waals surface area (Å²) in [7, 11) is 0. The molecule has 1 nitrogen and oxygen atoms in total. The van der Waals surface area contributed by atoms with Gasteiger partial charge in [0.15, 0.2) is 0 Å². The Kier molecular flexibility index (Phi) is 10.2. The molecule has 1 saturated carbocycles. The molecule has 0 heterocycles. The second kappa shape index (κ2) is 16.9. The van der Waals surface area contributed by atoms with E-state index in [0.717, 1.165) is 11.4 Å². The summed E-state index contributed by atoms with van der Waals surface area (Å²) in [5.41, 5.74) is 26.9. The molecular formula is C69H55N. The van der Waals surface area contributed by atoms with E-state index in [2.05, 4.69) is 255 Å². The van der Waals surface area contributed by atoms with Crippen molar-refractivity contribution in [3.63, 3.8) is 0 Å². The number of hydrogen-bond donors (Lipinski definition) is 0. The first kappa shape index (κ1) is 42.1. The van der Waals surface area contributed by atoms with Crippen LogP contribution < -0.4 is 4.90 Å². The summed E-state index contributed by atoms with van der Waals surface area (Å²) in [5, 5.41) is 0. The molecule has 0 aromatic heterocycles. The van der Waals surface area contributed by atoms with Crippen LogP contribution in [-0.2, 0) is 10.8 Å². The largest absolute Gasteiger partial charge is 0.310 e. The normalized spacial score (nSPS) is 14.7. The summed E-state index contributed by atoms with van der Waals surface area (Å²) >= 11 is 0. The highest BCUT2D eigenvalue weighted by molar-refractivity contribution is 5.95. The third kappa shape index (κ3) is 6.82. The van der Waals surface area contributed by atoms with Gasteiger partial charge in [0.1, 0.15) is 0 Å². The number of fused-ring (bicyclic) bond motifs is 8. The summed E-state index contributed by atoms with van der Waals surface area (Å²) in [6.45, 7) is 4.77. The first-order valence-corrected chi connectivity index (χ1v) is 25.3. The summed E-state index contributed by atoms with van der Waals surface area (Å²) in [5.74, 6) is 0. The lowest BCUT2D eigenvalue weighted by molar-refractivity contribution is 0.353. The Morgan fingerprint density at radius 1 is 0.286 bits per heavy atom. The Labute approximate surface area is 413 Å². The van der Waals surface area contributed by atoms with E-state index in [0.29, 0.717) is 0 Å². The fourth-order valence-electron chi connectivity index (χ4n) is 12.8. The lowest BCUT2D eigenvalue weighted by Crippen LogP contribution is -2.28. The number of benzene rings is 10. The zero-order valence-electron chi connectivity index (χ0n) is 40.0. The zero-order chi connectivity index (χ0) is 46.8. The van der Waals surface area contributed by atoms with Crippen molar-refractivity contribution in [2.24, 2.45) is 0 Å². The Hall–Kier alpha value is -8.00. The second-order valence-electron chi connectivity index (χ2n) is 20.3. The van der Waals surface area contributed by atoms with Gasteiger partial charge in [-0.3, -0.25) is 0 Å². The molecule has 0 amide bonds. The minimum Gasteiger partial charge on any atom is -0.310 e. The van der Waals surface area contributed by atoms with Gasteiger partial charge in [0.05, 0.1) is 0 Å². The molecule has 0 N–H and O–H groups in total. The second-order valence-corrected chi connectivity index (χ2v) is 20.3. The summed E-state index contributed by atoms with van der Waals surface area (Å²) in [6.07, 6.45) is 6.21. The maximum atomic E-state index is 2.55. The maximum absolute atomic E-state index is 2.55. The van der Waals surface area contributed by atoms with Crippen molar-refractivity contribution in [2.45, 2.75) is 56.8 Å². The smallest absolute Gasteiger partial charge is 0.0468 e. The van der Waals surface area contributed by atoms with Crippen LogP contribution >= 0.6 is 0 Å². The van der Waals surface area contributed by atoms with Crippen LogP contribution in [0.15, 0.2) is 237 Å². The quantitative estimate of drug-likeness (QED) is 0.147. The average molecular weight is 898 g/mol. The van der Waals surface area contributed by atoms with Gasteiger partial charge in [-0.2, -0.15) is 0 Å². The van der Waals surface area contributed by atoms with Crippen LogP contribution in [0.1, 0.15) is 68.2 Å². The van der Waals surface area contributed by atoms with E-state index in [1.165, 1.54) is 138 Å². The molecule has 10 aromatic carbocycles. The van der Waals surface area contributed by atoms with Crippen molar-refractivity contribution in [3.05, 3.63) is 259 Å². The Bertz CT molecular complexity index is 3570. The third-order valence-electron chi connectivity index (χ3n) is 16.1. The standard InChI is InChI=1S/C69H55N/c1-68(2)64-29-14-12-26-59(64)62-28-18-27-61(67(62)68)57-24-11-10-23-55(57)51-35-37-52(38-36-51)70(54-40-42-60-58-25-13-15-30-65(58)69(66(60)46-54)43-16-5-17-44-69)53-39-41-56(63(45-53)49-21-8-4-9-22-49)50-33-31-48(32-34-50)47-19-6-3-7-20-47/h3-4,6-15,18-42,45-46H,5,16-17,43-44H2,1-2H3. The molecule has 1 heteroatoms. The van der Waals surface area contributed by atoms with Gasteiger partial charge in [-0.05, 0) is 149 Å². The topological polar surface area (TPSA) is 3.24 Å².